The largest absolute Gasteiger partial charge is 0.460 e. The molecule has 1 aliphatic heterocycles. The van der Waals surface area contributed by atoms with Crippen LogP contribution in [0.2, 0.25) is 0 Å². The van der Waals surface area contributed by atoms with E-state index in [1.807, 2.05) is 0 Å². The van der Waals surface area contributed by atoms with E-state index >= 15 is 0 Å². The summed E-state index contributed by atoms with van der Waals surface area (Å²) in [7, 11) is 0. The van der Waals surface area contributed by atoms with Gasteiger partial charge in [-0.1, -0.05) is 0 Å². The topological polar surface area (TPSA) is 78.6 Å². The van der Waals surface area contributed by atoms with E-state index in [1.54, 1.807) is 0 Å². The Morgan fingerprint density at radius 3 is 2.74 bits per heavy atom. The maximum absolute atomic E-state index is 13.5. The smallest absolute Gasteiger partial charge is 0.308 e. The molecule has 2 N–H and O–H groups in total. The Balaban J connectivity index is 2.33. The number of nitrogens with two attached hydrogens (primary N) is 1. The van der Waals surface area contributed by atoms with Gasteiger partial charge in [-0.05, 0) is 18.2 Å². The van der Waals surface area contributed by atoms with Crippen molar-refractivity contribution in [2.45, 2.75) is 13.0 Å². The fourth-order valence-corrected chi connectivity index (χ4v) is 1.64. The van der Waals surface area contributed by atoms with Gasteiger partial charge in [-0.3, -0.25) is 9.59 Å². The number of hydrogen-bond acceptors (Lipinski definition) is 5. The van der Waals surface area contributed by atoms with Crippen molar-refractivity contribution in [3.8, 4) is 0 Å². The van der Waals surface area contributed by atoms with Crippen molar-refractivity contribution < 1.29 is 27.8 Å². The first kappa shape index (κ1) is 13.0. The van der Waals surface area contributed by atoms with Gasteiger partial charge in [0.25, 0.3) is 0 Å². The zero-order chi connectivity index (χ0) is 14.2. The third-order valence-electron chi connectivity index (χ3n) is 2.42. The molecular weight excluding hydrogens is 260 g/mol. The summed E-state index contributed by atoms with van der Waals surface area (Å²) in [4.78, 5) is 22.7. The van der Waals surface area contributed by atoms with Gasteiger partial charge in [-0.15, -0.1) is 0 Å². The first-order chi connectivity index (χ1) is 8.90. The summed E-state index contributed by atoms with van der Waals surface area (Å²) in [6.45, 7) is 1.07. The number of ether oxygens (including phenoxy) is 2. The highest BCUT2D eigenvalue weighted by Crippen LogP contribution is 2.33. The monoisotopic (exact) mass is 269 g/mol. The third-order valence-corrected chi connectivity index (χ3v) is 2.42. The van der Waals surface area contributed by atoms with Crippen LogP contribution in [-0.4, -0.2) is 11.8 Å². The summed E-state index contributed by atoms with van der Waals surface area (Å²) in [6, 6.07) is 2.59. The molecule has 1 aromatic rings. The maximum atomic E-state index is 13.5. The van der Waals surface area contributed by atoms with Crippen molar-refractivity contribution in [2.24, 2.45) is 5.73 Å². The Labute approximate surface area is 106 Å². The van der Waals surface area contributed by atoms with Gasteiger partial charge in [0.15, 0.2) is 6.10 Å². The minimum Gasteiger partial charge on any atom is -0.460 e. The van der Waals surface area contributed by atoms with Crippen LogP contribution in [0.15, 0.2) is 29.8 Å². The Hall–Kier alpha value is -2.44. The van der Waals surface area contributed by atoms with Gasteiger partial charge in [-0.25, -0.2) is 8.78 Å². The predicted molar refractivity (Wildman–Crippen MR) is 58.2 cm³/mol. The molecule has 0 saturated heterocycles. The molecule has 0 saturated carbocycles. The average Bonchev–Trinajstić information content (AvgIpc) is 2.60. The van der Waals surface area contributed by atoms with Crippen LogP contribution in [0, 0.1) is 11.6 Å². The molecule has 0 bridgehead atoms. The SMILES string of the molecule is CC(=O)OC1=C(N)OC(c2cc(F)ccc2F)C1=O. The van der Waals surface area contributed by atoms with E-state index in [0.717, 1.165) is 25.1 Å². The standard InChI is InChI=1S/C12H9F2NO4/c1-5(16)18-11-9(17)10(19-12(11)15)7-4-6(13)2-3-8(7)14/h2-4,10H,15H2,1H3. The van der Waals surface area contributed by atoms with Crippen molar-refractivity contribution >= 4 is 11.8 Å². The molecule has 1 unspecified atom stereocenters. The second kappa shape index (κ2) is 4.68. The second-order valence-electron chi connectivity index (χ2n) is 3.81. The van der Waals surface area contributed by atoms with E-state index in [9.17, 15) is 18.4 Å². The minimum atomic E-state index is -1.45. The van der Waals surface area contributed by atoms with Gasteiger partial charge in [0.1, 0.15) is 11.6 Å². The second-order valence-corrected chi connectivity index (χ2v) is 3.81. The van der Waals surface area contributed by atoms with Crippen LogP contribution in [0.3, 0.4) is 0 Å². The first-order valence-electron chi connectivity index (χ1n) is 5.24. The fraction of sp³-hybridized carbons (Fsp3) is 0.167. The van der Waals surface area contributed by atoms with E-state index < -0.39 is 41.1 Å². The number of carbonyl (C=O) groups excluding carboxylic acids is 2. The van der Waals surface area contributed by atoms with Crippen molar-refractivity contribution in [3.05, 3.63) is 47.0 Å². The lowest BCUT2D eigenvalue weighted by Crippen LogP contribution is -2.14. The van der Waals surface area contributed by atoms with Gasteiger partial charge in [0.2, 0.25) is 17.4 Å². The number of hydrogen-bond donors (Lipinski definition) is 1. The molecule has 1 heterocycles. The number of Topliss-reactive ketones (excluding diaryl/α,β-unsaturated/α-hetero) is 1. The van der Waals surface area contributed by atoms with Crippen LogP contribution < -0.4 is 5.73 Å². The summed E-state index contributed by atoms with van der Waals surface area (Å²) in [5, 5.41) is 0. The van der Waals surface area contributed by atoms with Crippen LogP contribution in [0.25, 0.3) is 0 Å². The summed E-state index contributed by atoms with van der Waals surface area (Å²) < 4.78 is 36.1. The summed E-state index contributed by atoms with van der Waals surface area (Å²) >= 11 is 0. The third kappa shape index (κ3) is 2.40. The van der Waals surface area contributed by atoms with Crippen molar-refractivity contribution in [3.63, 3.8) is 0 Å². The number of ketones is 1. The van der Waals surface area contributed by atoms with Crippen LogP contribution in [-0.2, 0) is 19.1 Å². The Bertz CT molecular complexity index is 597. The highest BCUT2D eigenvalue weighted by atomic mass is 19.1. The summed E-state index contributed by atoms with van der Waals surface area (Å²) in [5.41, 5.74) is 5.07. The van der Waals surface area contributed by atoms with Gasteiger partial charge in [0, 0.05) is 12.5 Å². The van der Waals surface area contributed by atoms with Crippen LogP contribution in [0.4, 0.5) is 8.78 Å². The van der Waals surface area contributed by atoms with E-state index in [2.05, 4.69) is 4.74 Å². The lowest BCUT2D eigenvalue weighted by molar-refractivity contribution is -0.140. The van der Waals surface area contributed by atoms with Crippen molar-refractivity contribution in [1.82, 2.24) is 0 Å². The Morgan fingerprint density at radius 1 is 1.42 bits per heavy atom. The van der Waals surface area contributed by atoms with Crippen molar-refractivity contribution in [1.29, 1.82) is 0 Å². The number of esters is 1. The number of halogens is 2. The minimum absolute atomic E-state index is 0.310. The zero-order valence-corrected chi connectivity index (χ0v) is 9.78. The van der Waals surface area contributed by atoms with Gasteiger partial charge < -0.3 is 15.2 Å². The van der Waals surface area contributed by atoms with Crippen LogP contribution >= 0.6 is 0 Å². The fourth-order valence-electron chi connectivity index (χ4n) is 1.64. The molecule has 1 aliphatic rings. The average molecular weight is 269 g/mol. The summed E-state index contributed by atoms with van der Waals surface area (Å²) in [6.07, 6.45) is -1.45. The lowest BCUT2D eigenvalue weighted by atomic mass is 10.0. The molecule has 0 amide bonds. The molecular formula is C12H9F2NO4. The van der Waals surface area contributed by atoms with Gasteiger partial charge in [-0.2, -0.15) is 0 Å². The van der Waals surface area contributed by atoms with Crippen LogP contribution in [0.1, 0.15) is 18.6 Å². The Morgan fingerprint density at radius 2 is 2.11 bits per heavy atom. The highest BCUT2D eigenvalue weighted by molar-refractivity contribution is 6.01. The van der Waals surface area contributed by atoms with Gasteiger partial charge >= 0.3 is 5.97 Å². The molecule has 1 aromatic carbocycles. The molecule has 100 valence electrons. The van der Waals surface area contributed by atoms with E-state index in [-0.39, 0.29) is 5.56 Å². The molecule has 19 heavy (non-hydrogen) atoms. The van der Waals surface area contributed by atoms with Crippen molar-refractivity contribution in [2.75, 3.05) is 0 Å². The Kier molecular flexibility index (Phi) is 3.20. The highest BCUT2D eigenvalue weighted by Gasteiger charge is 2.39. The molecule has 0 spiro atoms. The van der Waals surface area contributed by atoms with E-state index in [4.69, 9.17) is 10.5 Å². The summed E-state index contributed by atoms with van der Waals surface area (Å²) in [5.74, 6) is -4.09. The molecule has 0 aliphatic carbocycles. The first-order valence-corrected chi connectivity index (χ1v) is 5.24. The maximum Gasteiger partial charge on any atom is 0.308 e. The number of benzene rings is 1. The van der Waals surface area contributed by atoms with E-state index in [1.165, 1.54) is 0 Å². The molecule has 0 radical (unpaired) electrons. The molecule has 0 aromatic heterocycles. The van der Waals surface area contributed by atoms with Gasteiger partial charge in [0.05, 0.1) is 0 Å². The number of carbonyl (C=O) groups is 2. The quantitative estimate of drug-likeness (QED) is 0.818. The zero-order valence-electron chi connectivity index (χ0n) is 9.78. The van der Waals surface area contributed by atoms with E-state index in [0.29, 0.717) is 0 Å². The predicted octanol–water partition coefficient (Wildman–Crippen LogP) is 1.30. The van der Waals surface area contributed by atoms with Crippen LogP contribution in [0.5, 0.6) is 0 Å². The molecule has 0 fully saturated rings. The molecule has 7 heteroatoms. The molecule has 1 atom stereocenters. The normalized spacial score (nSPS) is 18.5. The number of rotatable bonds is 2. The molecule has 2 rings (SSSR count). The lowest BCUT2D eigenvalue weighted by Gasteiger charge is -2.10. The molecule has 5 nitrogen and oxygen atoms in total.